The number of morpholine rings is 1. The highest BCUT2D eigenvalue weighted by molar-refractivity contribution is 6.14. The third-order valence-corrected chi connectivity index (χ3v) is 5.35. The number of nitro benzene ring substituents is 1. The van der Waals surface area contributed by atoms with Gasteiger partial charge >= 0.3 is 11.9 Å². The van der Waals surface area contributed by atoms with E-state index in [-0.39, 0.29) is 35.5 Å². The Morgan fingerprint density at radius 2 is 1.61 bits per heavy atom. The molecule has 0 aliphatic carbocycles. The van der Waals surface area contributed by atoms with E-state index in [9.17, 15) is 29.3 Å². The van der Waals surface area contributed by atoms with Crippen molar-refractivity contribution in [2.24, 2.45) is 0 Å². The van der Waals surface area contributed by atoms with Gasteiger partial charge in [0.15, 0.2) is 5.78 Å². The minimum Gasteiger partial charge on any atom is -0.478 e. The van der Waals surface area contributed by atoms with Crippen LogP contribution in [0.2, 0.25) is 0 Å². The van der Waals surface area contributed by atoms with Crippen LogP contribution in [0.4, 0.5) is 11.4 Å². The minimum atomic E-state index is -1.26. The largest absolute Gasteiger partial charge is 0.478 e. The molecule has 0 saturated carbocycles. The second-order valence-electron chi connectivity index (χ2n) is 8.41. The molecular weight excluding hydrogens is 498 g/mol. The summed E-state index contributed by atoms with van der Waals surface area (Å²) in [7, 11) is 0. The summed E-state index contributed by atoms with van der Waals surface area (Å²) in [6.45, 7) is 6.37. The molecule has 2 aromatic rings. The van der Waals surface area contributed by atoms with Crippen LogP contribution in [0, 0.1) is 10.1 Å². The standard InChI is InChI=1S/C22H25N3O5.C4H4O4/c1-16(2)24(21(26)15-23-10-12-30-13-11-23)20-9-8-18(25(28)29)14-19(20)22(27)17-6-4-3-5-7-17;5-3(6)1-2-4(7)8/h3-9,14,16H,10-13,15H2,1-2H3;1-2H,(H,5,6)(H,7,8)/b;2-1-. The fourth-order valence-corrected chi connectivity index (χ4v) is 3.64. The molecule has 1 aliphatic heterocycles. The molecule has 1 saturated heterocycles. The van der Waals surface area contributed by atoms with Crippen LogP contribution in [0.1, 0.15) is 29.8 Å². The van der Waals surface area contributed by atoms with Crippen molar-refractivity contribution in [2.45, 2.75) is 19.9 Å². The summed E-state index contributed by atoms with van der Waals surface area (Å²) in [5, 5.41) is 26.9. The molecule has 1 aliphatic rings. The highest BCUT2D eigenvalue weighted by Crippen LogP contribution is 2.29. The Morgan fingerprint density at radius 1 is 1.03 bits per heavy atom. The smallest absolute Gasteiger partial charge is 0.328 e. The Labute approximate surface area is 218 Å². The van der Waals surface area contributed by atoms with Crippen molar-refractivity contribution in [3.8, 4) is 0 Å². The lowest BCUT2D eigenvalue weighted by atomic mass is 9.99. The Balaban J connectivity index is 0.000000550. The summed E-state index contributed by atoms with van der Waals surface area (Å²) >= 11 is 0. The number of carboxylic acid groups (broad SMARTS) is 2. The van der Waals surface area contributed by atoms with E-state index in [2.05, 4.69) is 0 Å². The first kappa shape index (κ1) is 29.8. The van der Waals surface area contributed by atoms with Crippen molar-refractivity contribution in [1.82, 2.24) is 4.90 Å². The monoisotopic (exact) mass is 527 g/mol. The average molecular weight is 528 g/mol. The summed E-state index contributed by atoms with van der Waals surface area (Å²) in [6.07, 6.45) is 1.12. The Bertz CT molecular complexity index is 1170. The predicted octanol–water partition coefficient (Wildman–Crippen LogP) is 2.61. The molecule has 3 rings (SSSR count). The molecule has 1 amide bonds. The molecular formula is C26H29N3O9. The molecule has 12 nitrogen and oxygen atoms in total. The Kier molecular flexibility index (Phi) is 11.3. The number of nitro groups is 1. The molecule has 202 valence electrons. The topological polar surface area (TPSA) is 168 Å². The van der Waals surface area contributed by atoms with E-state index in [4.69, 9.17) is 14.9 Å². The van der Waals surface area contributed by atoms with Gasteiger partial charge in [-0.2, -0.15) is 0 Å². The zero-order valence-electron chi connectivity index (χ0n) is 21.0. The van der Waals surface area contributed by atoms with E-state index in [1.54, 1.807) is 35.2 Å². The summed E-state index contributed by atoms with van der Waals surface area (Å²) in [4.78, 5) is 59.8. The second-order valence-corrected chi connectivity index (χ2v) is 8.41. The van der Waals surface area contributed by atoms with Crippen molar-refractivity contribution >= 4 is 35.0 Å². The van der Waals surface area contributed by atoms with Gasteiger partial charge in [0.1, 0.15) is 0 Å². The molecule has 12 heteroatoms. The van der Waals surface area contributed by atoms with E-state index in [0.717, 1.165) is 0 Å². The highest BCUT2D eigenvalue weighted by atomic mass is 16.6. The number of carboxylic acids is 2. The number of ketones is 1. The van der Waals surface area contributed by atoms with Crippen LogP contribution in [0.5, 0.6) is 0 Å². The average Bonchev–Trinajstić information content (AvgIpc) is 2.88. The van der Waals surface area contributed by atoms with E-state index in [1.807, 2.05) is 18.7 Å². The van der Waals surface area contributed by atoms with Gasteiger partial charge in [-0.25, -0.2) is 9.59 Å². The van der Waals surface area contributed by atoms with Crippen LogP contribution in [0.25, 0.3) is 0 Å². The highest BCUT2D eigenvalue weighted by Gasteiger charge is 2.28. The van der Waals surface area contributed by atoms with Crippen LogP contribution in [-0.2, 0) is 19.1 Å². The summed E-state index contributed by atoms with van der Waals surface area (Å²) in [5.74, 6) is -3.04. The van der Waals surface area contributed by atoms with Gasteiger partial charge in [0.2, 0.25) is 5.91 Å². The Morgan fingerprint density at radius 3 is 2.11 bits per heavy atom. The zero-order chi connectivity index (χ0) is 28.2. The van der Waals surface area contributed by atoms with E-state index in [0.29, 0.717) is 49.7 Å². The number of carbonyl (C=O) groups excluding carboxylic acids is 2. The van der Waals surface area contributed by atoms with Crippen LogP contribution < -0.4 is 4.90 Å². The zero-order valence-corrected chi connectivity index (χ0v) is 21.0. The van der Waals surface area contributed by atoms with Crippen LogP contribution in [-0.4, -0.2) is 82.6 Å². The number of nitrogens with zero attached hydrogens (tertiary/aromatic N) is 3. The first-order chi connectivity index (χ1) is 18.0. The number of ether oxygens (including phenoxy) is 1. The number of benzene rings is 2. The Hall–Kier alpha value is -4.42. The third-order valence-electron chi connectivity index (χ3n) is 5.35. The predicted molar refractivity (Wildman–Crippen MR) is 137 cm³/mol. The van der Waals surface area contributed by atoms with Crippen molar-refractivity contribution in [2.75, 3.05) is 37.7 Å². The summed E-state index contributed by atoms with van der Waals surface area (Å²) < 4.78 is 5.33. The number of anilines is 1. The maximum Gasteiger partial charge on any atom is 0.328 e. The number of hydrogen-bond donors (Lipinski definition) is 2. The van der Waals surface area contributed by atoms with Gasteiger partial charge in [-0.05, 0) is 19.9 Å². The second kappa shape index (κ2) is 14.4. The lowest BCUT2D eigenvalue weighted by molar-refractivity contribution is -0.384. The van der Waals surface area contributed by atoms with Crippen molar-refractivity contribution in [1.29, 1.82) is 0 Å². The molecule has 2 aromatic carbocycles. The molecule has 1 fully saturated rings. The molecule has 0 bridgehead atoms. The first-order valence-corrected chi connectivity index (χ1v) is 11.7. The van der Waals surface area contributed by atoms with E-state index in [1.165, 1.54) is 18.2 Å². The van der Waals surface area contributed by atoms with E-state index < -0.39 is 16.9 Å². The molecule has 1 heterocycles. The molecule has 0 atom stereocenters. The molecule has 0 unspecified atom stereocenters. The third kappa shape index (κ3) is 8.91. The lowest BCUT2D eigenvalue weighted by Gasteiger charge is -2.32. The molecule has 0 aromatic heterocycles. The van der Waals surface area contributed by atoms with Gasteiger partial charge < -0.3 is 19.8 Å². The van der Waals surface area contributed by atoms with E-state index >= 15 is 0 Å². The number of non-ortho nitro benzene ring substituents is 1. The van der Waals surface area contributed by atoms with Gasteiger partial charge in [0, 0.05) is 49.0 Å². The van der Waals surface area contributed by atoms with Crippen molar-refractivity contribution < 1.29 is 39.1 Å². The number of carbonyl (C=O) groups is 4. The maximum atomic E-state index is 13.2. The molecule has 2 N–H and O–H groups in total. The fraction of sp³-hybridized carbons (Fsp3) is 0.308. The van der Waals surface area contributed by atoms with Crippen LogP contribution in [0.15, 0.2) is 60.7 Å². The van der Waals surface area contributed by atoms with Gasteiger partial charge in [0.05, 0.1) is 35.9 Å². The van der Waals surface area contributed by atoms with Crippen LogP contribution in [0.3, 0.4) is 0 Å². The number of amides is 1. The van der Waals surface area contributed by atoms with Gasteiger partial charge in [-0.15, -0.1) is 0 Å². The van der Waals surface area contributed by atoms with Crippen LogP contribution >= 0.6 is 0 Å². The molecule has 38 heavy (non-hydrogen) atoms. The molecule has 0 radical (unpaired) electrons. The van der Waals surface area contributed by atoms with Crippen molar-refractivity contribution in [3.05, 3.63) is 81.9 Å². The number of hydrogen-bond acceptors (Lipinski definition) is 8. The van der Waals surface area contributed by atoms with Gasteiger partial charge in [0.25, 0.3) is 5.69 Å². The quantitative estimate of drug-likeness (QED) is 0.214. The fourth-order valence-electron chi connectivity index (χ4n) is 3.64. The summed E-state index contributed by atoms with van der Waals surface area (Å²) in [6, 6.07) is 12.4. The minimum absolute atomic E-state index is 0.138. The SMILES string of the molecule is CC(C)N(C(=O)CN1CCOCC1)c1ccc([N+](=O)[O-])cc1C(=O)c1ccccc1.O=C(O)/C=C\C(=O)O. The lowest BCUT2D eigenvalue weighted by Crippen LogP contribution is -2.47. The van der Waals surface area contributed by atoms with Gasteiger partial charge in [-0.3, -0.25) is 24.6 Å². The maximum absolute atomic E-state index is 13.2. The summed E-state index contributed by atoms with van der Waals surface area (Å²) in [5.41, 5.74) is 0.730. The number of rotatable bonds is 9. The number of aliphatic carboxylic acids is 2. The normalized spacial score (nSPS) is 13.4. The molecule has 0 spiro atoms. The van der Waals surface area contributed by atoms with Crippen molar-refractivity contribution in [3.63, 3.8) is 0 Å². The first-order valence-electron chi connectivity index (χ1n) is 11.7. The van der Waals surface area contributed by atoms with Gasteiger partial charge in [-0.1, -0.05) is 30.3 Å².